The van der Waals surface area contributed by atoms with E-state index in [4.69, 9.17) is 0 Å². The van der Waals surface area contributed by atoms with E-state index in [1.165, 1.54) is 22.8 Å². The molecule has 86 valence electrons. The van der Waals surface area contributed by atoms with Gasteiger partial charge in [0.1, 0.15) is 0 Å². The normalized spacial score (nSPS) is 12.6. The second kappa shape index (κ2) is 3.77. The summed E-state index contributed by atoms with van der Waals surface area (Å²) in [5.41, 5.74) is 1.24. The molecular formula is C12H11F3S. The Bertz CT molecular complexity index is 468. The average Bonchev–Trinajstić information content (AvgIpc) is 2.58. The van der Waals surface area contributed by atoms with E-state index in [1.807, 2.05) is 19.9 Å². The van der Waals surface area contributed by atoms with E-state index in [0.717, 1.165) is 10.4 Å². The number of halogens is 3. The summed E-state index contributed by atoms with van der Waals surface area (Å²) < 4.78 is 37.5. The molecule has 2 rings (SSSR count). The topological polar surface area (TPSA) is 0 Å². The fraction of sp³-hybridized carbons (Fsp3) is 0.333. The smallest absolute Gasteiger partial charge is 0.166 e. The summed E-state index contributed by atoms with van der Waals surface area (Å²) in [7, 11) is 0. The molecule has 0 nitrogen and oxygen atoms in total. The molecule has 0 radical (unpaired) electrons. The zero-order valence-corrected chi connectivity index (χ0v) is 9.75. The Morgan fingerprint density at radius 1 is 1.19 bits per heavy atom. The van der Waals surface area contributed by atoms with Gasteiger partial charge in [0, 0.05) is 10.3 Å². The lowest BCUT2D eigenvalue weighted by Crippen LogP contribution is -2.04. The molecule has 0 N–H and O–H groups in total. The summed E-state index contributed by atoms with van der Waals surface area (Å²) in [5.74, 6) is 0.338. The first kappa shape index (κ1) is 11.5. The fourth-order valence-corrected chi connectivity index (χ4v) is 2.82. The summed E-state index contributed by atoms with van der Waals surface area (Å²) >= 11 is 1.17. The molecule has 1 aliphatic carbocycles. The van der Waals surface area contributed by atoms with Crippen LogP contribution in [0.2, 0.25) is 0 Å². The van der Waals surface area contributed by atoms with E-state index in [2.05, 4.69) is 0 Å². The van der Waals surface area contributed by atoms with Crippen LogP contribution < -0.4 is 0 Å². The van der Waals surface area contributed by atoms with Crippen LogP contribution in [0.15, 0.2) is 23.6 Å². The predicted molar refractivity (Wildman–Crippen MR) is 60.0 cm³/mol. The largest absolute Gasteiger partial charge is 0.417 e. The van der Waals surface area contributed by atoms with Crippen molar-refractivity contribution in [2.45, 2.75) is 25.9 Å². The first-order valence-corrected chi connectivity index (χ1v) is 5.86. The fourth-order valence-electron chi connectivity index (χ4n) is 1.67. The minimum atomic E-state index is -4.25. The molecule has 0 spiro atoms. The summed E-state index contributed by atoms with van der Waals surface area (Å²) in [6.07, 6.45) is -4.25. The van der Waals surface area contributed by atoms with E-state index in [9.17, 15) is 13.2 Å². The van der Waals surface area contributed by atoms with Crippen LogP contribution in [0, 0.1) is 0 Å². The van der Waals surface area contributed by atoms with Gasteiger partial charge in [0.15, 0.2) is 0 Å². The van der Waals surface area contributed by atoms with E-state index in [1.54, 1.807) is 6.07 Å². The second-order valence-corrected chi connectivity index (χ2v) is 4.94. The summed E-state index contributed by atoms with van der Waals surface area (Å²) in [5, 5.41) is 1.19. The lowest BCUT2D eigenvalue weighted by molar-refractivity contribution is -0.137. The number of alkyl halides is 3. The van der Waals surface area contributed by atoms with E-state index in [-0.39, 0.29) is 0 Å². The van der Waals surface area contributed by atoms with Crippen molar-refractivity contribution in [1.29, 1.82) is 0 Å². The highest BCUT2D eigenvalue weighted by Crippen LogP contribution is 2.40. The van der Waals surface area contributed by atoms with Crippen LogP contribution in [0.5, 0.6) is 0 Å². The van der Waals surface area contributed by atoms with Crippen LogP contribution in [0.1, 0.15) is 30.9 Å². The molecule has 16 heavy (non-hydrogen) atoms. The molecule has 0 unspecified atom stereocenters. The van der Waals surface area contributed by atoms with Crippen molar-refractivity contribution >= 4 is 11.3 Å². The molecule has 1 heterocycles. The van der Waals surface area contributed by atoms with Crippen LogP contribution in [0.25, 0.3) is 10.4 Å². The number of rotatable bonds is 1. The first-order valence-electron chi connectivity index (χ1n) is 4.98. The SMILES string of the molecule is CC(C)c1ccc2cc(C(F)(F)F)csc1-2. The lowest BCUT2D eigenvalue weighted by atomic mass is 10.1. The monoisotopic (exact) mass is 244 g/mol. The van der Waals surface area contributed by atoms with Crippen LogP contribution in [-0.4, -0.2) is 0 Å². The first-order chi connectivity index (χ1) is 7.39. The second-order valence-electron chi connectivity index (χ2n) is 4.06. The van der Waals surface area contributed by atoms with Gasteiger partial charge >= 0.3 is 6.18 Å². The zero-order valence-electron chi connectivity index (χ0n) is 8.93. The predicted octanol–water partition coefficient (Wildman–Crippen LogP) is 5.00. The molecule has 4 heteroatoms. The van der Waals surface area contributed by atoms with Gasteiger partial charge in [-0.15, -0.1) is 11.3 Å². The summed E-state index contributed by atoms with van der Waals surface area (Å²) in [4.78, 5) is 0.961. The van der Waals surface area contributed by atoms with Crippen LogP contribution in [0.4, 0.5) is 13.2 Å². The van der Waals surface area contributed by atoms with Gasteiger partial charge in [-0.3, -0.25) is 0 Å². The van der Waals surface area contributed by atoms with E-state index < -0.39 is 11.7 Å². The minimum Gasteiger partial charge on any atom is -0.166 e. The summed E-state index contributed by atoms with van der Waals surface area (Å²) in [6, 6.07) is 4.89. The Morgan fingerprint density at radius 3 is 2.44 bits per heavy atom. The van der Waals surface area contributed by atoms with Crippen molar-refractivity contribution in [3.05, 3.63) is 34.7 Å². The highest BCUT2D eigenvalue weighted by molar-refractivity contribution is 7.13. The van der Waals surface area contributed by atoms with Gasteiger partial charge in [-0.25, -0.2) is 0 Å². The molecule has 0 fully saturated rings. The molecule has 0 aromatic heterocycles. The maximum Gasteiger partial charge on any atom is 0.417 e. The van der Waals surface area contributed by atoms with Gasteiger partial charge in [-0.2, -0.15) is 13.2 Å². The van der Waals surface area contributed by atoms with Gasteiger partial charge in [-0.05, 0) is 23.1 Å². The van der Waals surface area contributed by atoms with Crippen LogP contribution in [-0.2, 0) is 6.18 Å². The van der Waals surface area contributed by atoms with Crippen molar-refractivity contribution in [2.75, 3.05) is 0 Å². The maximum atomic E-state index is 12.5. The van der Waals surface area contributed by atoms with Gasteiger partial charge in [0.25, 0.3) is 0 Å². The Balaban J connectivity index is 2.53. The third-order valence-corrected chi connectivity index (χ3v) is 3.61. The third-order valence-electron chi connectivity index (χ3n) is 2.53. The molecule has 0 bridgehead atoms. The van der Waals surface area contributed by atoms with Gasteiger partial charge in [0.05, 0.1) is 5.56 Å². The standard InChI is InChI=1S/C12H11F3S/c1-7(2)10-4-3-8-5-9(12(13,14)15)6-16-11(8)10/h3-7H,1-2H3. The van der Waals surface area contributed by atoms with Crippen molar-refractivity contribution in [3.63, 3.8) is 0 Å². The van der Waals surface area contributed by atoms with Crippen LogP contribution >= 0.6 is 11.3 Å². The molecule has 1 aliphatic heterocycles. The Kier molecular flexibility index (Phi) is 2.70. The van der Waals surface area contributed by atoms with Crippen molar-refractivity contribution < 1.29 is 13.2 Å². The molecule has 0 saturated carbocycles. The third kappa shape index (κ3) is 1.94. The number of hydrogen-bond acceptors (Lipinski definition) is 1. The molecule has 0 aromatic carbocycles. The van der Waals surface area contributed by atoms with Crippen molar-refractivity contribution in [1.82, 2.24) is 0 Å². The Morgan fingerprint density at radius 2 is 1.88 bits per heavy atom. The summed E-state index contributed by atoms with van der Waals surface area (Å²) in [6.45, 7) is 4.08. The Hall–Kier alpha value is -1.03. The minimum absolute atomic E-state index is 0.338. The van der Waals surface area contributed by atoms with Crippen molar-refractivity contribution in [3.8, 4) is 10.4 Å². The number of fused-ring (bicyclic) bond motifs is 1. The molecule has 0 amide bonds. The Labute approximate surface area is 96.1 Å². The van der Waals surface area contributed by atoms with Gasteiger partial charge in [-0.1, -0.05) is 26.0 Å². The van der Waals surface area contributed by atoms with E-state index >= 15 is 0 Å². The quantitative estimate of drug-likeness (QED) is 0.662. The zero-order chi connectivity index (χ0) is 11.9. The van der Waals surface area contributed by atoms with Gasteiger partial charge < -0.3 is 0 Å². The van der Waals surface area contributed by atoms with Crippen molar-refractivity contribution in [2.24, 2.45) is 0 Å². The maximum absolute atomic E-state index is 12.5. The highest BCUT2D eigenvalue weighted by Gasteiger charge is 2.31. The van der Waals surface area contributed by atoms with Gasteiger partial charge in [0.2, 0.25) is 0 Å². The van der Waals surface area contributed by atoms with E-state index in [0.29, 0.717) is 11.5 Å². The molecular weight excluding hydrogens is 233 g/mol. The molecule has 0 atom stereocenters. The average molecular weight is 244 g/mol. The number of hydrogen-bond donors (Lipinski definition) is 0. The van der Waals surface area contributed by atoms with Crippen LogP contribution in [0.3, 0.4) is 0 Å². The molecule has 2 aliphatic rings. The lowest BCUT2D eigenvalue weighted by Gasteiger charge is -2.10. The highest BCUT2D eigenvalue weighted by atomic mass is 32.1. The molecule has 0 aromatic rings. The molecule has 0 saturated heterocycles.